The van der Waals surface area contributed by atoms with Gasteiger partial charge in [-0.25, -0.2) is 9.67 Å². The van der Waals surface area contributed by atoms with Gasteiger partial charge in [0.2, 0.25) is 11.2 Å². The highest BCUT2D eigenvalue weighted by Crippen LogP contribution is 1.95. The lowest BCUT2D eigenvalue weighted by Crippen LogP contribution is -2.18. The summed E-state index contributed by atoms with van der Waals surface area (Å²) in [6, 6.07) is 0. The molecule has 2 N–H and O–H groups in total. The number of amides is 1. The van der Waals surface area contributed by atoms with Gasteiger partial charge in [-0.3, -0.25) is 4.79 Å². The molecule has 0 radical (unpaired) electrons. The SMILES string of the molecule is NC(=O)Cn1cnc(Cl)n1. The molecule has 6 heteroatoms. The summed E-state index contributed by atoms with van der Waals surface area (Å²) in [5.41, 5.74) is 4.86. The Bertz CT molecular complexity index is 245. The number of primary amides is 1. The van der Waals surface area contributed by atoms with Crippen LogP contribution in [0.1, 0.15) is 0 Å². The summed E-state index contributed by atoms with van der Waals surface area (Å²) in [5.74, 6) is -0.471. The van der Waals surface area contributed by atoms with E-state index in [2.05, 4.69) is 10.1 Å². The lowest BCUT2D eigenvalue weighted by molar-refractivity contribution is -0.118. The largest absolute Gasteiger partial charge is 0.368 e. The molecule has 0 aromatic carbocycles. The van der Waals surface area contributed by atoms with Crippen molar-refractivity contribution in [2.45, 2.75) is 6.54 Å². The molecule has 1 aromatic heterocycles. The highest BCUT2D eigenvalue weighted by molar-refractivity contribution is 6.28. The van der Waals surface area contributed by atoms with Gasteiger partial charge < -0.3 is 5.73 Å². The predicted octanol–water partition coefficient (Wildman–Crippen LogP) is -0.583. The molecule has 0 aliphatic heterocycles. The minimum Gasteiger partial charge on any atom is -0.368 e. The van der Waals surface area contributed by atoms with Crippen molar-refractivity contribution in [3.63, 3.8) is 0 Å². The summed E-state index contributed by atoms with van der Waals surface area (Å²) in [7, 11) is 0. The van der Waals surface area contributed by atoms with Crippen LogP contribution in [-0.4, -0.2) is 20.7 Å². The van der Waals surface area contributed by atoms with E-state index in [1.165, 1.54) is 11.0 Å². The van der Waals surface area contributed by atoms with Crippen LogP contribution in [0.4, 0.5) is 0 Å². The molecule has 0 saturated carbocycles. The Balaban J connectivity index is 2.67. The van der Waals surface area contributed by atoms with E-state index in [4.69, 9.17) is 17.3 Å². The molecule has 1 amide bonds. The Morgan fingerprint density at radius 2 is 2.60 bits per heavy atom. The summed E-state index contributed by atoms with van der Waals surface area (Å²) in [4.78, 5) is 13.8. The van der Waals surface area contributed by atoms with Gasteiger partial charge in [0, 0.05) is 0 Å². The molecule has 0 fully saturated rings. The monoisotopic (exact) mass is 160 g/mol. The van der Waals surface area contributed by atoms with E-state index in [9.17, 15) is 4.79 Å². The zero-order valence-electron chi connectivity index (χ0n) is 4.99. The topological polar surface area (TPSA) is 73.8 Å². The average molecular weight is 161 g/mol. The molecule has 0 atom stereocenters. The van der Waals surface area contributed by atoms with E-state index in [1.807, 2.05) is 0 Å². The quantitative estimate of drug-likeness (QED) is 0.629. The second kappa shape index (κ2) is 2.66. The van der Waals surface area contributed by atoms with Crippen molar-refractivity contribution in [3.05, 3.63) is 11.6 Å². The maximum Gasteiger partial charge on any atom is 0.242 e. The van der Waals surface area contributed by atoms with Gasteiger partial charge in [-0.1, -0.05) is 0 Å². The van der Waals surface area contributed by atoms with Gasteiger partial charge in [-0.05, 0) is 11.6 Å². The number of hydrogen-bond donors (Lipinski definition) is 1. The number of nitrogens with two attached hydrogens (primary N) is 1. The van der Waals surface area contributed by atoms with Crippen molar-refractivity contribution in [1.29, 1.82) is 0 Å². The van der Waals surface area contributed by atoms with E-state index in [-0.39, 0.29) is 11.8 Å². The minimum absolute atomic E-state index is 0.0136. The van der Waals surface area contributed by atoms with Crippen LogP contribution in [-0.2, 0) is 11.3 Å². The van der Waals surface area contributed by atoms with Crippen LogP contribution >= 0.6 is 11.6 Å². The number of nitrogens with zero attached hydrogens (tertiary/aromatic N) is 3. The summed E-state index contributed by atoms with van der Waals surface area (Å²) >= 11 is 5.35. The number of aromatic nitrogens is 3. The van der Waals surface area contributed by atoms with Gasteiger partial charge in [0.15, 0.2) is 0 Å². The highest BCUT2D eigenvalue weighted by atomic mass is 35.5. The first-order valence-electron chi connectivity index (χ1n) is 2.52. The first kappa shape index (κ1) is 7.01. The maximum absolute atomic E-state index is 10.3. The summed E-state index contributed by atoms with van der Waals surface area (Å²) < 4.78 is 1.27. The Morgan fingerprint density at radius 1 is 1.90 bits per heavy atom. The molecular weight excluding hydrogens is 156 g/mol. The van der Waals surface area contributed by atoms with Crippen LogP contribution in [0.15, 0.2) is 6.33 Å². The second-order valence-electron chi connectivity index (χ2n) is 1.68. The first-order chi connectivity index (χ1) is 4.68. The van der Waals surface area contributed by atoms with Gasteiger partial charge in [0.1, 0.15) is 12.9 Å². The Kier molecular flexibility index (Phi) is 1.86. The van der Waals surface area contributed by atoms with Crippen molar-refractivity contribution in [3.8, 4) is 0 Å². The Morgan fingerprint density at radius 3 is 3.00 bits per heavy atom. The van der Waals surface area contributed by atoms with Gasteiger partial charge >= 0.3 is 0 Å². The zero-order valence-corrected chi connectivity index (χ0v) is 5.75. The molecule has 0 unspecified atom stereocenters. The molecule has 0 spiro atoms. The van der Waals surface area contributed by atoms with E-state index >= 15 is 0 Å². The van der Waals surface area contributed by atoms with Gasteiger partial charge in [0.25, 0.3) is 0 Å². The van der Waals surface area contributed by atoms with Crippen molar-refractivity contribution >= 4 is 17.5 Å². The third-order valence-corrected chi connectivity index (χ3v) is 1.000. The third-order valence-electron chi connectivity index (χ3n) is 0.826. The molecule has 0 saturated heterocycles. The number of carbonyl (C=O) groups is 1. The molecule has 0 bridgehead atoms. The van der Waals surface area contributed by atoms with E-state index in [0.29, 0.717) is 0 Å². The average Bonchev–Trinajstić information content (AvgIpc) is 2.13. The fourth-order valence-corrected chi connectivity index (χ4v) is 0.649. The van der Waals surface area contributed by atoms with Crippen molar-refractivity contribution in [2.75, 3.05) is 0 Å². The van der Waals surface area contributed by atoms with Crippen LogP contribution in [0.3, 0.4) is 0 Å². The molecule has 10 heavy (non-hydrogen) atoms. The van der Waals surface area contributed by atoms with Crippen molar-refractivity contribution in [1.82, 2.24) is 14.8 Å². The summed E-state index contributed by atoms with van der Waals surface area (Å²) in [6.07, 6.45) is 1.34. The standard InChI is InChI=1S/C4H5ClN4O/c5-4-7-2-9(8-4)1-3(6)10/h2H,1H2,(H2,6,10). The minimum atomic E-state index is -0.471. The van der Waals surface area contributed by atoms with E-state index in [0.717, 1.165) is 0 Å². The van der Waals surface area contributed by atoms with Gasteiger partial charge in [0.05, 0.1) is 0 Å². The number of halogens is 1. The van der Waals surface area contributed by atoms with Crippen LogP contribution < -0.4 is 5.73 Å². The molecule has 0 aliphatic rings. The zero-order chi connectivity index (χ0) is 7.56. The molecule has 1 heterocycles. The van der Waals surface area contributed by atoms with Crippen molar-refractivity contribution < 1.29 is 4.79 Å². The fraction of sp³-hybridized carbons (Fsp3) is 0.250. The Hall–Kier alpha value is -1.10. The fourth-order valence-electron chi connectivity index (χ4n) is 0.508. The maximum atomic E-state index is 10.3. The van der Waals surface area contributed by atoms with E-state index in [1.54, 1.807) is 0 Å². The van der Waals surface area contributed by atoms with Crippen LogP contribution in [0, 0.1) is 0 Å². The summed E-state index contributed by atoms with van der Waals surface area (Å²) in [6.45, 7) is 0.0136. The van der Waals surface area contributed by atoms with Crippen LogP contribution in [0.5, 0.6) is 0 Å². The predicted molar refractivity (Wildman–Crippen MR) is 34.2 cm³/mol. The van der Waals surface area contributed by atoms with Crippen LogP contribution in [0.25, 0.3) is 0 Å². The molecule has 5 nitrogen and oxygen atoms in total. The smallest absolute Gasteiger partial charge is 0.242 e. The van der Waals surface area contributed by atoms with Gasteiger partial charge in [-0.15, -0.1) is 5.10 Å². The Labute approximate surface area is 61.8 Å². The summed E-state index contributed by atoms with van der Waals surface area (Å²) in [5, 5.41) is 3.73. The van der Waals surface area contributed by atoms with Crippen molar-refractivity contribution in [2.24, 2.45) is 5.73 Å². The second-order valence-corrected chi connectivity index (χ2v) is 2.02. The molecule has 54 valence electrons. The molecule has 1 rings (SSSR count). The lowest BCUT2D eigenvalue weighted by Gasteiger charge is -1.91. The molecule has 1 aromatic rings. The number of hydrogen-bond acceptors (Lipinski definition) is 3. The molecule has 0 aliphatic carbocycles. The molecular formula is C4H5ClN4O. The number of carbonyl (C=O) groups excluding carboxylic acids is 1. The normalized spacial score (nSPS) is 9.70. The highest BCUT2D eigenvalue weighted by Gasteiger charge is 1.98. The number of rotatable bonds is 2. The van der Waals surface area contributed by atoms with Gasteiger partial charge in [-0.2, -0.15) is 0 Å². The first-order valence-corrected chi connectivity index (χ1v) is 2.89. The lowest BCUT2D eigenvalue weighted by atomic mass is 10.6. The van der Waals surface area contributed by atoms with Crippen LogP contribution in [0.2, 0.25) is 5.28 Å². The third kappa shape index (κ3) is 1.70. The van der Waals surface area contributed by atoms with E-state index < -0.39 is 5.91 Å².